The summed E-state index contributed by atoms with van der Waals surface area (Å²) in [7, 11) is 0.0117. The van der Waals surface area contributed by atoms with Crippen molar-refractivity contribution in [2.75, 3.05) is 0 Å². The van der Waals surface area contributed by atoms with Crippen molar-refractivity contribution in [1.29, 1.82) is 0 Å². The highest BCUT2D eigenvalue weighted by molar-refractivity contribution is 7.97. The Labute approximate surface area is 364 Å². The van der Waals surface area contributed by atoms with Gasteiger partial charge in [0, 0.05) is 21.2 Å². The van der Waals surface area contributed by atoms with Crippen LogP contribution in [-0.2, 0) is 28.2 Å². The summed E-state index contributed by atoms with van der Waals surface area (Å²) >= 11 is 0. The van der Waals surface area contributed by atoms with Crippen LogP contribution in [0.2, 0.25) is 0 Å². The first-order valence-corrected chi connectivity index (χ1v) is 24.2. The molecule has 10 aromatic rings. The minimum atomic E-state index is -0.0249. The monoisotopic (exact) mass is 829 g/mol. The van der Waals surface area contributed by atoms with E-state index >= 15 is 0 Å². The zero-order chi connectivity index (χ0) is 40.9. The number of thiophene rings is 1. The van der Waals surface area contributed by atoms with Crippen molar-refractivity contribution in [3.05, 3.63) is 260 Å². The van der Waals surface area contributed by atoms with Gasteiger partial charge in [0.25, 0.3) is 0 Å². The lowest BCUT2D eigenvalue weighted by Crippen LogP contribution is -2.04. The van der Waals surface area contributed by atoms with Crippen LogP contribution in [0.1, 0.15) is 18.1 Å². The van der Waals surface area contributed by atoms with E-state index < -0.39 is 0 Å². The maximum atomic E-state index is 2.28. The Hall–Kier alpha value is -6.10. The summed E-state index contributed by atoms with van der Waals surface area (Å²) in [6, 6.07) is 89.4. The first kappa shape index (κ1) is 40.7. The van der Waals surface area contributed by atoms with E-state index in [0.717, 1.165) is 6.42 Å². The molecule has 0 radical (unpaired) electrons. The normalized spacial score (nSPS) is 10.9. The number of hydrogen-bond donors (Lipinski definition) is 0. The summed E-state index contributed by atoms with van der Waals surface area (Å²) in [4.78, 5) is 9.61. The van der Waals surface area contributed by atoms with Gasteiger partial charge in [0.15, 0.2) is 43.7 Å². The molecule has 0 aliphatic heterocycles. The Morgan fingerprint density at radius 1 is 0.317 bits per heavy atom. The van der Waals surface area contributed by atoms with Crippen LogP contribution in [-0.4, -0.2) is 0 Å². The zero-order valence-electron chi connectivity index (χ0n) is 34.1. The lowest BCUT2D eigenvalue weighted by molar-refractivity contribution is 1.13. The minimum Gasteiger partial charge on any atom is -0.0619 e. The van der Waals surface area contributed by atoms with Crippen molar-refractivity contribution in [3.8, 4) is 4.90 Å². The number of rotatable bonds is 8. The molecule has 0 atom stereocenters. The molecular formula is C57H49S3+3. The number of benzene rings is 9. The minimum absolute atomic E-state index is 0.0229. The maximum absolute atomic E-state index is 2.28. The van der Waals surface area contributed by atoms with Crippen molar-refractivity contribution in [2.45, 2.75) is 49.6 Å². The molecule has 3 heteroatoms. The molecule has 0 unspecified atom stereocenters. The van der Waals surface area contributed by atoms with Crippen molar-refractivity contribution in [1.82, 2.24) is 0 Å². The second-order valence-electron chi connectivity index (χ2n) is 14.3. The summed E-state index contributed by atoms with van der Waals surface area (Å²) in [6.45, 7) is 4.33. The van der Waals surface area contributed by atoms with E-state index in [1.807, 2.05) is 0 Å². The lowest BCUT2D eigenvalue weighted by Gasteiger charge is -2.08. The molecule has 0 spiro atoms. The highest BCUT2D eigenvalue weighted by atomic mass is 32.2. The van der Waals surface area contributed by atoms with Crippen LogP contribution in [0, 0.1) is 6.92 Å². The van der Waals surface area contributed by atoms with Crippen molar-refractivity contribution >= 4 is 52.4 Å². The molecule has 0 bridgehead atoms. The number of fused-ring (bicyclic) bond motifs is 3. The molecule has 0 aliphatic carbocycles. The Bertz CT molecular complexity index is 2690. The summed E-state index contributed by atoms with van der Waals surface area (Å²) in [6.07, 6.45) is 1.09. The molecule has 0 saturated heterocycles. The van der Waals surface area contributed by atoms with Crippen molar-refractivity contribution in [3.63, 3.8) is 0 Å². The molecular weight excluding hydrogens is 781 g/mol. The van der Waals surface area contributed by atoms with E-state index in [0.29, 0.717) is 0 Å². The van der Waals surface area contributed by atoms with E-state index in [-0.39, 0.29) is 32.3 Å². The van der Waals surface area contributed by atoms with Gasteiger partial charge in [-0.1, -0.05) is 152 Å². The Morgan fingerprint density at radius 2 is 0.617 bits per heavy atom. The molecule has 0 fully saturated rings. The van der Waals surface area contributed by atoms with Crippen molar-refractivity contribution < 1.29 is 0 Å². The third-order valence-corrected chi connectivity index (χ3v) is 17.0. The van der Waals surface area contributed by atoms with Crippen LogP contribution >= 0.6 is 10.5 Å². The topological polar surface area (TPSA) is 0 Å². The van der Waals surface area contributed by atoms with E-state index in [1.54, 1.807) is 0 Å². The second-order valence-corrected chi connectivity index (χ2v) is 20.3. The van der Waals surface area contributed by atoms with Crippen LogP contribution in [0.15, 0.2) is 278 Å². The Morgan fingerprint density at radius 3 is 0.983 bits per heavy atom. The fourth-order valence-electron chi connectivity index (χ4n) is 7.24. The predicted molar refractivity (Wildman–Crippen MR) is 262 cm³/mol. The Kier molecular flexibility index (Phi) is 13.7. The van der Waals surface area contributed by atoms with Gasteiger partial charge >= 0.3 is 0 Å². The highest BCUT2D eigenvalue weighted by Gasteiger charge is 2.29. The van der Waals surface area contributed by atoms with E-state index in [4.69, 9.17) is 0 Å². The van der Waals surface area contributed by atoms with Crippen LogP contribution in [0.4, 0.5) is 0 Å². The van der Waals surface area contributed by atoms with Crippen LogP contribution in [0.3, 0.4) is 0 Å². The quantitative estimate of drug-likeness (QED) is 0.134. The third kappa shape index (κ3) is 9.67. The summed E-state index contributed by atoms with van der Waals surface area (Å²) < 4.78 is 2.91. The highest BCUT2D eigenvalue weighted by Crippen LogP contribution is 2.48. The predicted octanol–water partition coefficient (Wildman–Crippen LogP) is 16.2. The number of aryl methyl sites for hydroxylation is 2. The molecule has 0 saturated carbocycles. The van der Waals surface area contributed by atoms with Crippen LogP contribution in [0.5, 0.6) is 0 Å². The largest absolute Gasteiger partial charge is 0.187 e. The standard InChI is InChI=1S/C20H19S.C19H17S.C18H13S/c1-2-17-13-15-20(16-14-17)21(18-9-5-3-6-10-18)19-11-7-4-8-12-19;1-16-12-14-19(15-13-16)20(17-8-4-2-5-9-17)18-10-6-3-7-11-18;1-2-8-14(9-3-1)19-17-12-6-4-10-15(17)16-11-5-7-13-18(16)19/h3-16H,2H2,1H3;2-15H,1H3;1-13H/q3*+1. The maximum Gasteiger partial charge on any atom is 0.187 e. The SMILES string of the molecule is CCc1ccc([S+](c2ccccc2)c2ccccc2)cc1.Cc1ccc([S+](c2ccccc2)c2ccccc2)cc1.c1ccc(-[s+]2c3ccccc3c3ccccc32)cc1. The molecule has 1 aromatic heterocycles. The van der Waals surface area contributed by atoms with Gasteiger partial charge in [-0.05, 0) is 128 Å². The van der Waals surface area contributed by atoms with Crippen molar-refractivity contribution in [2.24, 2.45) is 0 Å². The van der Waals surface area contributed by atoms with Gasteiger partial charge in [-0.15, -0.1) is 0 Å². The van der Waals surface area contributed by atoms with Gasteiger partial charge < -0.3 is 0 Å². The van der Waals surface area contributed by atoms with Gasteiger partial charge in [0.05, 0.1) is 21.8 Å². The van der Waals surface area contributed by atoms with E-state index in [9.17, 15) is 0 Å². The summed E-state index contributed by atoms with van der Waals surface area (Å²) in [5, 5.41) is 2.79. The first-order chi connectivity index (χ1) is 29.7. The summed E-state index contributed by atoms with van der Waals surface area (Å²) in [5.74, 6) is 0. The fourth-order valence-corrected chi connectivity index (χ4v) is 13.8. The average Bonchev–Trinajstić information content (AvgIpc) is 3.67. The molecule has 0 N–H and O–H groups in total. The second kappa shape index (κ2) is 20.2. The van der Waals surface area contributed by atoms with Gasteiger partial charge in [-0.3, -0.25) is 0 Å². The van der Waals surface area contributed by atoms with Gasteiger partial charge in [0.1, 0.15) is 0 Å². The average molecular weight is 830 g/mol. The molecule has 10 rings (SSSR count). The van der Waals surface area contributed by atoms with Crippen LogP contribution in [0.25, 0.3) is 25.1 Å². The molecule has 9 aromatic carbocycles. The third-order valence-electron chi connectivity index (χ3n) is 10.2. The lowest BCUT2D eigenvalue weighted by atomic mass is 10.2. The smallest absolute Gasteiger partial charge is 0.0619 e. The van der Waals surface area contributed by atoms with E-state index in [1.165, 1.54) is 65.6 Å². The molecule has 0 nitrogen and oxygen atoms in total. The molecule has 1 heterocycles. The van der Waals surface area contributed by atoms with E-state index in [2.05, 4.69) is 263 Å². The number of hydrogen-bond acceptors (Lipinski definition) is 0. The van der Waals surface area contributed by atoms with Gasteiger partial charge in [-0.25, -0.2) is 0 Å². The summed E-state index contributed by atoms with van der Waals surface area (Å²) in [5.41, 5.74) is 2.70. The van der Waals surface area contributed by atoms with Gasteiger partial charge in [0.2, 0.25) is 0 Å². The molecule has 0 amide bonds. The zero-order valence-corrected chi connectivity index (χ0v) is 36.6. The van der Waals surface area contributed by atoms with Gasteiger partial charge in [-0.2, -0.15) is 0 Å². The first-order valence-electron chi connectivity index (χ1n) is 20.5. The Balaban J connectivity index is 0.000000125. The molecule has 292 valence electrons. The molecule has 0 aliphatic rings. The molecule has 60 heavy (non-hydrogen) atoms. The van der Waals surface area contributed by atoms with Crippen LogP contribution < -0.4 is 0 Å². The fraction of sp³-hybridized carbons (Fsp3) is 0.0526.